The Morgan fingerprint density at radius 2 is 2.45 bits per heavy atom. The molecule has 0 bridgehead atoms. The summed E-state index contributed by atoms with van der Waals surface area (Å²) < 4.78 is 12.9. The molecule has 0 saturated carbocycles. The largest absolute Gasteiger partial charge is 0.257 e. The molecule has 0 aliphatic rings. The maximum absolute atomic E-state index is 12.9. The molecule has 1 atom stereocenters. The number of terminal acetylenes is 1. The quantitative estimate of drug-likeness (QED) is 0.556. The lowest BCUT2D eigenvalue weighted by Gasteiger charge is -2.02. The van der Waals surface area contributed by atoms with Crippen molar-refractivity contribution in [2.24, 2.45) is 0 Å². The van der Waals surface area contributed by atoms with Crippen LogP contribution in [0.5, 0.6) is 0 Å². The minimum atomic E-state index is -0.335. The Morgan fingerprint density at radius 1 is 1.73 bits per heavy atom. The van der Waals surface area contributed by atoms with E-state index in [0.29, 0.717) is 5.69 Å². The average Bonchev–Trinajstić information content (AvgIpc) is 2.04. The van der Waals surface area contributed by atoms with Crippen molar-refractivity contribution in [2.75, 3.05) is 0 Å². The summed E-state index contributed by atoms with van der Waals surface area (Å²) >= 11 is 0. The first-order valence-electron chi connectivity index (χ1n) is 3.32. The van der Waals surface area contributed by atoms with Crippen molar-refractivity contribution in [3.05, 3.63) is 29.8 Å². The van der Waals surface area contributed by atoms with Crippen LogP contribution < -0.4 is 0 Å². The number of nitrogens with zero attached hydrogens (tertiary/aromatic N) is 1. The Labute approximate surface area is 65.3 Å². The zero-order valence-electron chi connectivity index (χ0n) is 6.21. The molecule has 1 heterocycles. The third-order valence-electron chi connectivity index (χ3n) is 1.45. The van der Waals surface area contributed by atoms with Crippen LogP contribution in [0.2, 0.25) is 0 Å². The molecule has 1 aromatic heterocycles. The van der Waals surface area contributed by atoms with E-state index in [1.54, 1.807) is 13.0 Å². The zero-order valence-corrected chi connectivity index (χ0v) is 6.21. The molecule has 0 spiro atoms. The van der Waals surface area contributed by atoms with Gasteiger partial charge < -0.3 is 0 Å². The van der Waals surface area contributed by atoms with Crippen LogP contribution in [-0.4, -0.2) is 4.98 Å². The Hall–Kier alpha value is -1.36. The van der Waals surface area contributed by atoms with Crippen LogP contribution in [-0.2, 0) is 0 Å². The molecule has 0 fully saturated rings. The summed E-state index contributed by atoms with van der Waals surface area (Å²) in [5, 5.41) is 0. The Kier molecular flexibility index (Phi) is 2.22. The highest BCUT2D eigenvalue weighted by molar-refractivity contribution is 5.19. The van der Waals surface area contributed by atoms with Crippen LogP contribution in [0.3, 0.4) is 0 Å². The van der Waals surface area contributed by atoms with E-state index in [4.69, 9.17) is 6.42 Å². The lowest BCUT2D eigenvalue weighted by molar-refractivity contribution is 0.595. The highest BCUT2D eigenvalue weighted by atomic mass is 19.1. The summed E-state index contributed by atoms with van der Waals surface area (Å²) in [7, 11) is 0. The van der Waals surface area contributed by atoms with Crippen LogP contribution in [0.4, 0.5) is 4.39 Å². The highest BCUT2D eigenvalue weighted by Crippen LogP contribution is 2.13. The fourth-order valence-electron chi connectivity index (χ4n) is 0.795. The minimum absolute atomic E-state index is 0.254. The molecule has 1 unspecified atom stereocenters. The number of hydrogen-bond acceptors (Lipinski definition) is 1. The van der Waals surface area contributed by atoms with Crippen molar-refractivity contribution in [2.45, 2.75) is 12.8 Å². The van der Waals surface area contributed by atoms with Gasteiger partial charge in [0.1, 0.15) is 5.82 Å². The maximum Gasteiger partial charge on any atom is 0.145 e. The van der Waals surface area contributed by atoms with E-state index in [2.05, 4.69) is 10.9 Å². The van der Waals surface area contributed by atoms with Gasteiger partial charge in [0, 0.05) is 6.20 Å². The van der Waals surface area contributed by atoms with Crippen molar-refractivity contribution in [3.63, 3.8) is 0 Å². The van der Waals surface area contributed by atoms with Gasteiger partial charge in [0.15, 0.2) is 0 Å². The molecular formula is C9H8FN. The first-order chi connectivity index (χ1) is 5.25. The molecular weight excluding hydrogens is 141 g/mol. The minimum Gasteiger partial charge on any atom is -0.257 e. The second-order valence-corrected chi connectivity index (χ2v) is 2.26. The molecule has 0 aliphatic heterocycles. The summed E-state index contributed by atoms with van der Waals surface area (Å²) in [4.78, 5) is 3.83. The monoisotopic (exact) mass is 149 g/mol. The predicted octanol–water partition coefficient (Wildman–Crippen LogP) is 1.96. The van der Waals surface area contributed by atoms with Gasteiger partial charge in [-0.05, 0) is 19.1 Å². The molecule has 0 saturated heterocycles. The van der Waals surface area contributed by atoms with Gasteiger partial charge in [0.25, 0.3) is 0 Å². The van der Waals surface area contributed by atoms with Crippen LogP contribution in [0.1, 0.15) is 18.5 Å². The van der Waals surface area contributed by atoms with Gasteiger partial charge in [0.05, 0.1) is 11.6 Å². The number of rotatable bonds is 1. The van der Waals surface area contributed by atoms with Crippen molar-refractivity contribution >= 4 is 0 Å². The van der Waals surface area contributed by atoms with Crippen molar-refractivity contribution < 1.29 is 4.39 Å². The van der Waals surface area contributed by atoms with E-state index >= 15 is 0 Å². The topological polar surface area (TPSA) is 12.9 Å². The van der Waals surface area contributed by atoms with Crippen LogP contribution in [0, 0.1) is 18.2 Å². The fourth-order valence-corrected chi connectivity index (χ4v) is 0.795. The molecule has 1 rings (SSSR count). The summed E-state index contributed by atoms with van der Waals surface area (Å²) in [6, 6.07) is 2.90. The molecule has 0 N–H and O–H groups in total. The zero-order chi connectivity index (χ0) is 8.27. The fraction of sp³-hybridized carbons (Fsp3) is 0.222. The van der Waals surface area contributed by atoms with Gasteiger partial charge in [-0.3, -0.25) is 4.98 Å². The Morgan fingerprint density at radius 3 is 3.00 bits per heavy atom. The smallest absolute Gasteiger partial charge is 0.145 e. The number of halogens is 1. The molecule has 1 nitrogen and oxygen atoms in total. The predicted molar refractivity (Wildman–Crippen MR) is 41.4 cm³/mol. The summed E-state index contributed by atoms with van der Waals surface area (Å²) in [6.45, 7) is 1.74. The van der Waals surface area contributed by atoms with Gasteiger partial charge in [-0.2, -0.15) is 0 Å². The van der Waals surface area contributed by atoms with Gasteiger partial charge in [-0.1, -0.05) is 5.92 Å². The van der Waals surface area contributed by atoms with E-state index < -0.39 is 0 Å². The first-order valence-corrected chi connectivity index (χ1v) is 3.32. The molecule has 0 amide bonds. The number of aromatic nitrogens is 1. The van der Waals surface area contributed by atoms with Gasteiger partial charge in [-0.25, -0.2) is 4.39 Å². The van der Waals surface area contributed by atoms with Gasteiger partial charge in [0.2, 0.25) is 0 Å². The standard InChI is InChI=1S/C9H8FN/c1-3-7(2)9-8(10)5-4-6-11-9/h1,4-7H,2H3. The number of pyridine rings is 1. The third-order valence-corrected chi connectivity index (χ3v) is 1.45. The summed E-state index contributed by atoms with van der Waals surface area (Å²) in [5.74, 6) is 1.83. The van der Waals surface area contributed by atoms with E-state index in [9.17, 15) is 4.39 Å². The number of hydrogen-bond donors (Lipinski definition) is 0. The van der Waals surface area contributed by atoms with Gasteiger partial charge in [-0.15, -0.1) is 6.42 Å². The maximum atomic E-state index is 12.9. The second kappa shape index (κ2) is 3.16. The van der Waals surface area contributed by atoms with Gasteiger partial charge >= 0.3 is 0 Å². The molecule has 0 aromatic carbocycles. The summed E-state index contributed by atoms with van der Waals surface area (Å²) in [5.41, 5.74) is 0.343. The van der Waals surface area contributed by atoms with Crippen LogP contribution in [0.15, 0.2) is 18.3 Å². The molecule has 11 heavy (non-hydrogen) atoms. The molecule has 0 radical (unpaired) electrons. The lowest BCUT2D eigenvalue weighted by Crippen LogP contribution is -1.97. The molecule has 2 heteroatoms. The Balaban J connectivity index is 3.05. The second-order valence-electron chi connectivity index (χ2n) is 2.26. The van der Waals surface area contributed by atoms with Crippen LogP contribution in [0.25, 0.3) is 0 Å². The summed E-state index contributed by atoms with van der Waals surface area (Å²) in [6.07, 6.45) is 6.65. The van der Waals surface area contributed by atoms with Crippen LogP contribution >= 0.6 is 0 Å². The first kappa shape index (κ1) is 7.74. The van der Waals surface area contributed by atoms with Crippen molar-refractivity contribution in [3.8, 4) is 12.3 Å². The molecule has 1 aromatic rings. The van der Waals surface area contributed by atoms with E-state index in [1.807, 2.05) is 0 Å². The van der Waals surface area contributed by atoms with E-state index in [0.717, 1.165) is 0 Å². The average molecular weight is 149 g/mol. The highest BCUT2D eigenvalue weighted by Gasteiger charge is 2.07. The molecule has 0 aliphatic carbocycles. The third kappa shape index (κ3) is 1.56. The van der Waals surface area contributed by atoms with Crippen molar-refractivity contribution in [1.29, 1.82) is 0 Å². The Bertz CT molecular complexity index is 288. The lowest BCUT2D eigenvalue weighted by atomic mass is 10.1. The van der Waals surface area contributed by atoms with Crippen molar-refractivity contribution in [1.82, 2.24) is 4.98 Å². The SMILES string of the molecule is C#CC(C)c1ncccc1F. The molecule has 56 valence electrons. The van der Waals surface area contributed by atoms with E-state index in [1.165, 1.54) is 12.3 Å². The normalized spacial score (nSPS) is 12.1. The van der Waals surface area contributed by atoms with E-state index in [-0.39, 0.29) is 11.7 Å².